The molecule has 1 rings (SSSR count). The third-order valence-electron chi connectivity index (χ3n) is 2.08. The molecule has 0 aromatic carbocycles. The maximum Gasteiger partial charge on any atom is 0.433 e. The number of nitrogens with zero attached hydrogens (tertiary/aromatic N) is 1. The van der Waals surface area contributed by atoms with Crippen molar-refractivity contribution in [2.75, 3.05) is 0 Å². The maximum atomic E-state index is 12.5. The molecular weight excluding hydrogens is 231 g/mol. The SMILES string of the molecule is Cc1c(C(F)F)cc(CN)nc1C(F)(F)F. The van der Waals surface area contributed by atoms with Crippen molar-refractivity contribution < 1.29 is 22.0 Å². The van der Waals surface area contributed by atoms with Gasteiger partial charge in [0.05, 0.1) is 5.69 Å². The van der Waals surface area contributed by atoms with Crippen LogP contribution in [0.25, 0.3) is 0 Å². The van der Waals surface area contributed by atoms with Crippen molar-refractivity contribution in [3.05, 3.63) is 28.6 Å². The number of alkyl halides is 5. The highest BCUT2D eigenvalue weighted by atomic mass is 19.4. The lowest BCUT2D eigenvalue weighted by Crippen LogP contribution is -2.15. The maximum absolute atomic E-state index is 12.5. The zero-order valence-electron chi connectivity index (χ0n) is 8.28. The summed E-state index contributed by atoms with van der Waals surface area (Å²) >= 11 is 0. The molecule has 0 aliphatic carbocycles. The van der Waals surface area contributed by atoms with E-state index in [0.29, 0.717) is 0 Å². The highest BCUT2D eigenvalue weighted by Crippen LogP contribution is 2.34. The summed E-state index contributed by atoms with van der Waals surface area (Å²) in [7, 11) is 0. The second-order valence-electron chi connectivity index (χ2n) is 3.18. The zero-order chi connectivity index (χ0) is 12.5. The average molecular weight is 240 g/mol. The fourth-order valence-electron chi connectivity index (χ4n) is 1.29. The highest BCUT2D eigenvalue weighted by molar-refractivity contribution is 5.34. The molecule has 0 bridgehead atoms. The number of hydrogen-bond acceptors (Lipinski definition) is 2. The van der Waals surface area contributed by atoms with E-state index >= 15 is 0 Å². The minimum atomic E-state index is -4.75. The summed E-state index contributed by atoms with van der Waals surface area (Å²) in [6.07, 6.45) is -7.73. The Kier molecular flexibility index (Phi) is 3.47. The number of halogens is 5. The predicted octanol–water partition coefficient (Wildman–Crippen LogP) is 2.81. The van der Waals surface area contributed by atoms with Gasteiger partial charge in [0.1, 0.15) is 5.69 Å². The van der Waals surface area contributed by atoms with Crippen molar-refractivity contribution in [1.82, 2.24) is 4.98 Å². The quantitative estimate of drug-likeness (QED) is 0.807. The van der Waals surface area contributed by atoms with Gasteiger partial charge in [0.2, 0.25) is 0 Å². The van der Waals surface area contributed by atoms with Gasteiger partial charge in [0.25, 0.3) is 6.43 Å². The van der Waals surface area contributed by atoms with Gasteiger partial charge in [-0.25, -0.2) is 13.8 Å². The van der Waals surface area contributed by atoms with Crippen LogP contribution in [0.1, 0.15) is 28.9 Å². The molecule has 1 aromatic heterocycles. The molecule has 2 nitrogen and oxygen atoms in total. The second-order valence-corrected chi connectivity index (χ2v) is 3.18. The van der Waals surface area contributed by atoms with Crippen LogP contribution in [-0.2, 0) is 12.7 Å². The van der Waals surface area contributed by atoms with E-state index in [-0.39, 0.29) is 12.2 Å². The third kappa shape index (κ3) is 2.46. The number of hydrogen-bond donors (Lipinski definition) is 1. The summed E-state index contributed by atoms with van der Waals surface area (Å²) < 4.78 is 62.3. The van der Waals surface area contributed by atoms with Crippen molar-refractivity contribution in [3.8, 4) is 0 Å². The van der Waals surface area contributed by atoms with Gasteiger partial charge in [0, 0.05) is 12.1 Å². The van der Waals surface area contributed by atoms with Crippen molar-refractivity contribution in [2.45, 2.75) is 26.1 Å². The van der Waals surface area contributed by atoms with E-state index in [2.05, 4.69) is 4.98 Å². The minimum Gasteiger partial charge on any atom is -0.325 e. The Balaban J connectivity index is 3.44. The van der Waals surface area contributed by atoms with Crippen LogP contribution in [0.15, 0.2) is 6.07 Å². The molecule has 0 spiro atoms. The monoisotopic (exact) mass is 240 g/mol. The van der Waals surface area contributed by atoms with E-state index in [1.54, 1.807) is 0 Å². The van der Waals surface area contributed by atoms with Crippen LogP contribution in [0, 0.1) is 6.92 Å². The summed E-state index contributed by atoms with van der Waals surface area (Å²) in [5.41, 5.74) is 2.37. The molecule has 0 radical (unpaired) electrons. The van der Waals surface area contributed by atoms with E-state index in [4.69, 9.17) is 5.73 Å². The highest BCUT2D eigenvalue weighted by Gasteiger charge is 2.36. The second kappa shape index (κ2) is 4.32. The zero-order valence-corrected chi connectivity index (χ0v) is 8.28. The molecule has 0 aliphatic rings. The Morgan fingerprint density at radius 2 is 1.94 bits per heavy atom. The molecular formula is C9H9F5N2. The molecule has 90 valence electrons. The van der Waals surface area contributed by atoms with Gasteiger partial charge >= 0.3 is 6.18 Å². The lowest BCUT2D eigenvalue weighted by atomic mass is 10.1. The van der Waals surface area contributed by atoms with Gasteiger partial charge in [-0.15, -0.1) is 0 Å². The molecule has 0 aliphatic heterocycles. The van der Waals surface area contributed by atoms with E-state index in [1.807, 2.05) is 0 Å². The standard InChI is InChI=1S/C9H9F5N2/c1-4-6(8(10)11)2-5(3-15)16-7(4)9(12,13)14/h2,8H,3,15H2,1H3. The first kappa shape index (κ1) is 12.8. The largest absolute Gasteiger partial charge is 0.433 e. The van der Waals surface area contributed by atoms with Crippen LogP contribution in [0.5, 0.6) is 0 Å². The summed E-state index contributed by atoms with van der Waals surface area (Å²) in [6.45, 7) is 0.653. The lowest BCUT2D eigenvalue weighted by Gasteiger charge is -2.14. The molecule has 1 heterocycles. The molecule has 0 fully saturated rings. The summed E-state index contributed by atoms with van der Waals surface area (Å²) in [4.78, 5) is 3.22. The predicted molar refractivity (Wildman–Crippen MR) is 46.8 cm³/mol. The number of nitrogens with two attached hydrogens (primary N) is 1. The van der Waals surface area contributed by atoms with Crippen LogP contribution < -0.4 is 5.73 Å². The number of rotatable bonds is 2. The van der Waals surface area contributed by atoms with E-state index in [1.165, 1.54) is 0 Å². The molecule has 1 aromatic rings. The Bertz CT molecular complexity index is 386. The van der Waals surface area contributed by atoms with Crippen molar-refractivity contribution in [2.24, 2.45) is 5.73 Å². The average Bonchev–Trinajstić information content (AvgIpc) is 2.15. The van der Waals surface area contributed by atoms with Gasteiger partial charge in [0.15, 0.2) is 0 Å². The Morgan fingerprint density at radius 1 is 1.38 bits per heavy atom. The number of aromatic nitrogens is 1. The first-order valence-corrected chi connectivity index (χ1v) is 4.33. The minimum absolute atomic E-state index is 0.201. The van der Waals surface area contributed by atoms with Gasteiger partial charge in [-0.05, 0) is 18.6 Å². The van der Waals surface area contributed by atoms with Gasteiger partial charge in [-0.2, -0.15) is 13.2 Å². The van der Waals surface area contributed by atoms with Crippen molar-refractivity contribution in [1.29, 1.82) is 0 Å². The normalized spacial score (nSPS) is 12.2. The van der Waals surface area contributed by atoms with Crippen LogP contribution in [0.4, 0.5) is 22.0 Å². The fraction of sp³-hybridized carbons (Fsp3) is 0.444. The first-order valence-electron chi connectivity index (χ1n) is 4.33. The fourth-order valence-corrected chi connectivity index (χ4v) is 1.29. The lowest BCUT2D eigenvalue weighted by molar-refractivity contribution is -0.141. The summed E-state index contributed by atoms with van der Waals surface area (Å²) in [5, 5.41) is 0. The van der Waals surface area contributed by atoms with E-state index in [0.717, 1.165) is 13.0 Å². The smallest absolute Gasteiger partial charge is 0.325 e. The van der Waals surface area contributed by atoms with Crippen molar-refractivity contribution >= 4 is 0 Å². The van der Waals surface area contributed by atoms with E-state index < -0.39 is 29.4 Å². The third-order valence-corrected chi connectivity index (χ3v) is 2.08. The first-order chi connectivity index (χ1) is 7.27. The molecule has 16 heavy (non-hydrogen) atoms. The molecule has 0 unspecified atom stereocenters. The summed E-state index contributed by atoms with van der Waals surface area (Å²) in [6, 6.07) is 0.898. The topological polar surface area (TPSA) is 38.9 Å². The molecule has 0 atom stereocenters. The molecule has 0 amide bonds. The molecule has 0 saturated heterocycles. The Morgan fingerprint density at radius 3 is 2.31 bits per heavy atom. The van der Waals surface area contributed by atoms with Crippen LogP contribution in [-0.4, -0.2) is 4.98 Å². The van der Waals surface area contributed by atoms with Crippen molar-refractivity contribution in [3.63, 3.8) is 0 Å². The summed E-state index contributed by atoms with van der Waals surface area (Å²) in [5.74, 6) is 0. The number of pyridine rings is 1. The van der Waals surface area contributed by atoms with Gasteiger partial charge in [-0.3, -0.25) is 0 Å². The van der Waals surface area contributed by atoms with Crippen LogP contribution in [0.2, 0.25) is 0 Å². The van der Waals surface area contributed by atoms with E-state index in [9.17, 15) is 22.0 Å². The Hall–Kier alpha value is -1.24. The van der Waals surface area contributed by atoms with Gasteiger partial charge < -0.3 is 5.73 Å². The molecule has 7 heteroatoms. The van der Waals surface area contributed by atoms with Crippen LogP contribution >= 0.6 is 0 Å². The molecule has 0 saturated carbocycles. The Labute approximate surface area is 88.3 Å². The van der Waals surface area contributed by atoms with Crippen LogP contribution in [0.3, 0.4) is 0 Å². The molecule has 2 N–H and O–H groups in total. The van der Waals surface area contributed by atoms with Gasteiger partial charge in [-0.1, -0.05) is 0 Å².